The van der Waals surface area contributed by atoms with E-state index in [2.05, 4.69) is 66.2 Å². The Morgan fingerprint density at radius 1 is 0.381 bits per heavy atom. The molecule has 0 saturated carbocycles. The minimum atomic E-state index is -0.911. The summed E-state index contributed by atoms with van der Waals surface area (Å²) in [7, 11) is 0. The quantitative estimate of drug-likeness (QED) is 0.0460. The average molecular weight is 1230 g/mol. The fourth-order valence-corrected chi connectivity index (χ4v) is 18.5. The molecule has 84 heavy (non-hydrogen) atoms. The van der Waals surface area contributed by atoms with Gasteiger partial charge in [0, 0.05) is 62.7 Å². The van der Waals surface area contributed by atoms with Gasteiger partial charge in [0.05, 0.1) is 42.2 Å². The van der Waals surface area contributed by atoms with Gasteiger partial charge in [-0.15, -0.1) is 69.7 Å². The van der Waals surface area contributed by atoms with Gasteiger partial charge < -0.3 is 23.7 Å². The second-order valence-electron chi connectivity index (χ2n) is 20.0. The molecule has 10 aromatic rings. The highest BCUT2D eigenvalue weighted by atomic mass is 32.2. The Labute approximate surface area is 512 Å². The van der Waals surface area contributed by atoms with Crippen LogP contribution in [0, 0.1) is 30.2 Å². The second kappa shape index (κ2) is 26.9. The molecule has 5 nitrogen and oxygen atoms in total. The van der Waals surface area contributed by atoms with E-state index in [0.717, 1.165) is 29.5 Å². The van der Waals surface area contributed by atoms with Crippen molar-refractivity contribution >= 4 is 69.7 Å². The first-order chi connectivity index (χ1) is 41.2. The van der Waals surface area contributed by atoms with E-state index in [4.69, 9.17) is 23.7 Å². The van der Waals surface area contributed by atoms with Crippen molar-refractivity contribution in [2.75, 3.05) is 33.0 Å². The second-order valence-corrected chi connectivity index (χ2v) is 27.1. The van der Waals surface area contributed by atoms with Crippen LogP contribution in [0.1, 0.15) is 55.4 Å². The molecule has 0 fully saturated rings. The predicted octanol–water partition coefficient (Wildman–Crippen LogP) is 21.2. The maximum absolute atomic E-state index is 15.7. The van der Waals surface area contributed by atoms with Crippen molar-refractivity contribution in [1.82, 2.24) is 0 Å². The van der Waals surface area contributed by atoms with Crippen LogP contribution in [0.2, 0.25) is 0 Å². The van der Waals surface area contributed by atoms with Gasteiger partial charge in [-0.25, -0.2) is 17.6 Å². The Kier molecular flexibility index (Phi) is 18.6. The lowest BCUT2D eigenvalue weighted by Gasteiger charge is -2.17. The summed E-state index contributed by atoms with van der Waals surface area (Å²) in [5.41, 5.74) is 8.61. The summed E-state index contributed by atoms with van der Waals surface area (Å²) in [5.74, 6) is -1.71. The van der Waals surface area contributed by atoms with Gasteiger partial charge in [0.1, 0.15) is 30.5 Å². The zero-order chi connectivity index (χ0) is 57.5. The maximum Gasteiger partial charge on any atom is 0.167 e. The van der Waals surface area contributed by atoms with E-state index in [9.17, 15) is 0 Å². The Morgan fingerprint density at radius 3 is 1.04 bits per heavy atom. The lowest BCUT2D eigenvalue weighted by molar-refractivity contribution is 0.0886. The number of thiophene rings is 2. The van der Waals surface area contributed by atoms with Gasteiger partial charge in [0.15, 0.2) is 23.3 Å². The van der Waals surface area contributed by atoms with Crippen molar-refractivity contribution in [1.29, 1.82) is 0 Å². The van der Waals surface area contributed by atoms with Crippen LogP contribution in [0.15, 0.2) is 200 Å². The number of hydrogen-bond donors (Lipinski definition) is 0. The molecule has 2 aromatic heterocycles. The van der Waals surface area contributed by atoms with Gasteiger partial charge in [-0.3, -0.25) is 0 Å². The van der Waals surface area contributed by atoms with E-state index >= 15 is 17.6 Å². The van der Waals surface area contributed by atoms with E-state index in [1.165, 1.54) is 40.5 Å². The van der Waals surface area contributed by atoms with Crippen molar-refractivity contribution in [3.05, 3.63) is 230 Å². The lowest BCUT2D eigenvalue weighted by atomic mass is 9.98. The van der Waals surface area contributed by atoms with E-state index in [1.807, 2.05) is 66.1 Å². The number of ether oxygens (including phenoxy) is 5. The van der Waals surface area contributed by atoms with E-state index in [-0.39, 0.29) is 44.6 Å². The maximum atomic E-state index is 15.7. The zero-order valence-corrected chi connectivity index (χ0v) is 50.7. The Hall–Kier alpha value is -6.40. The van der Waals surface area contributed by atoms with Gasteiger partial charge >= 0.3 is 0 Å². The van der Waals surface area contributed by atoms with Gasteiger partial charge in [0.2, 0.25) is 0 Å². The number of fused-ring (bicyclic) bond motifs is 2. The predicted molar refractivity (Wildman–Crippen MR) is 339 cm³/mol. The molecule has 0 aliphatic carbocycles. The zero-order valence-electron chi connectivity index (χ0n) is 45.8. The minimum absolute atomic E-state index is 0.133. The number of halogens is 4. The van der Waals surface area contributed by atoms with Crippen LogP contribution in [0.3, 0.4) is 0 Å². The molecule has 0 amide bonds. The minimum Gasteiger partial charge on any atom is -0.494 e. The van der Waals surface area contributed by atoms with Crippen LogP contribution in [-0.2, 0) is 22.7 Å². The first-order valence-corrected chi connectivity index (χ1v) is 32.9. The number of hydrogen-bond acceptors (Lipinski definition) is 11. The average Bonchev–Trinajstić information content (AvgIpc) is 4.54. The van der Waals surface area contributed by atoms with Crippen molar-refractivity contribution < 1.29 is 41.2 Å². The molecule has 4 heterocycles. The molecule has 0 radical (unpaired) electrons. The third kappa shape index (κ3) is 12.9. The normalized spacial score (nSPS) is 13.1. The van der Waals surface area contributed by atoms with Gasteiger partial charge in [-0.05, 0) is 118 Å². The molecule has 0 saturated heterocycles. The molecule has 15 heteroatoms. The third-order valence-electron chi connectivity index (χ3n) is 14.4. The highest BCUT2D eigenvalue weighted by Crippen LogP contribution is 2.63. The van der Waals surface area contributed by atoms with Crippen LogP contribution >= 0.6 is 69.7 Å². The van der Waals surface area contributed by atoms with Gasteiger partial charge in [-0.1, -0.05) is 128 Å². The summed E-state index contributed by atoms with van der Waals surface area (Å²) in [4.78, 5) is 7.62. The standard InChI is InChI=1S/C69H56F4O5S6/c1-3-4-33-76-49-23-17-44(18-24-49)54-31-32-55(65(73)64(54)72)46-21-27-51(28-22-46)78-37-35-75-39-48-41-80-67(69-83-58-11-7-8-12-59(58)84-69)61(48)60-47(40-79-66(60)68-81-56-9-5-6-10-57(56)82-68)38-74-34-36-77-50-25-19-45(20-26-50)53-30-29-52(62(70)63(53)71)43-15-13-42(2)14-16-43/h5-32,40-41,68-69H,3-4,33-39H2,1-2H3. The van der Waals surface area contributed by atoms with E-state index in [0.29, 0.717) is 72.5 Å². The van der Waals surface area contributed by atoms with Gasteiger partial charge in [-0.2, -0.15) is 0 Å². The van der Waals surface area contributed by atoms with Gasteiger partial charge in [0.25, 0.3) is 0 Å². The molecule has 2 aliphatic heterocycles. The Morgan fingerprint density at radius 2 is 0.702 bits per heavy atom. The summed E-state index contributed by atoms with van der Waals surface area (Å²) in [6.45, 7) is 6.56. The summed E-state index contributed by atoms with van der Waals surface area (Å²) >= 11 is 11.1. The molecule has 0 bridgehead atoms. The summed E-state index contributed by atoms with van der Waals surface area (Å²) in [6.07, 6.45) is 1.97. The molecule has 8 aromatic carbocycles. The molecule has 0 atom stereocenters. The molecule has 426 valence electrons. The monoisotopic (exact) mass is 1230 g/mol. The lowest BCUT2D eigenvalue weighted by Crippen LogP contribution is -2.08. The topological polar surface area (TPSA) is 46.2 Å². The van der Waals surface area contributed by atoms with Crippen LogP contribution in [0.4, 0.5) is 17.6 Å². The fraction of sp³-hybridized carbons (Fsp3) is 0.188. The Balaban J connectivity index is 0.721. The number of rotatable bonds is 23. The molecule has 0 N–H and O–H groups in total. The first kappa shape index (κ1) is 58.0. The number of thioether (sulfide) groups is 4. The smallest absolute Gasteiger partial charge is 0.167 e. The summed E-state index contributed by atoms with van der Waals surface area (Å²) in [5, 5.41) is 4.48. The van der Waals surface area contributed by atoms with E-state index in [1.54, 1.807) is 132 Å². The Bertz CT molecular complexity index is 3860. The molecular weight excluding hydrogens is 1180 g/mol. The fourth-order valence-electron chi connectivity index (χ4n) is 10.0. The largest absolute Gasteiger partial charge is 0.494 e. The third-order valence-corrected chi connectivity index (χ3v) is 22.8. The first-order valence-electron chi connectivity index (χ1n) is 27.6. The van der Waals surface area contributed by atoms with E-state index < -0.39 is 23.3 Å². The van der Waals surface area contributed by atoms with Crippen molar-refractivity contribution in [2.24, 2.45) is 0 Å². The summed E-state index contributed by atoms with van der Waals surface area (Å²) in [6, 6.07) is 52.0. The molecule has 0 spiro atoms. The number of benzene rings is 8. The van der Waals surface area contributed by atoms with Crippen LogP contribution in [0.25, 0.3) is 55.6 Å². The van der Waals surface area contributed by atoms with Crippen LogP contribution in [0.5, 0.6) is 17.2 Å². The molecule has 0 unspecified atom stereocenters. The SMILES string of the molecule is CCCCOc1ccc(-c2ccc(-c3ccc(OCCOCc4csc(C5Sc6ccccc6S5)c4-c4c(COCCOc5ccc(-c6ccc(-c7ccc(C)cc7)c(F)c6F)cc5)csc4C4Sc5ccccc5S4)cc3)c(F)c2F)cc1. The van der Waals surface area contributed by atoms with Crippen LogP contribution < -0.4 is 14.2 Å². The molecular formula is C69H56F4O5S6. The molecule has 12 rings (SSSR count). The van der Waals surface area contributed by atoms with Crippen molar-refractivity contribution in [3.63, 3.8) is 0 Å². The highest BCUT2D eigenvalue weighted by Gasteiger charge is 2.35. The van der Waals surface area contributed by atoms with Crippen molar-refractivity contribution in [3.8, 4) is 72.9 Å². The van der Waals surface area contributed by atoms with Crippen molar-refractivity contribution in [2.45, 2.75) is 68.6 Å². The van der Waals surface area contributed by atoms with Crippen LogP contribution in [-0.4, -0.2) is 33.0 Å². The number of aryl methyl sites for hydroxylation is 1. The highest BCUT2D eigenvalue weighted by molar-refractivity contribution is 8.19. The number of unbranched alkanes of at least 4 members (excludes halogenated alkanes) is 1. The molecule has 2 aliphatic rings. The summed E-state index contributed by atoms with van der Waals surface area (Å²) < 4.78 is 93.4.